The van der Waals surface area contributed by atoms with E-state index in [1.807, 2.05) is 0 Å². The second kappa shape index (κ2) is 6.78. The number of aromatic nitrogens is 2. The molecule has 2 aromatic rings. The van der Waals surface area contributed by atoms with Gasteiger partial charge in [-0.1, -0.05) is 6.92 Å². The van der Waals surface area contributed by atoms with Crippen LogP contribution >= 0.6 is 11.3 Å². The Morgan fingerprint density at radius 1 is 1.35 bits per heavy atom. The molecule has 26 heavy (non-hydrogen) atoms. The molecule has 4 rings (SSSR count). The van der Waals surface area contributed by atoms with Crippen molar-refractivity contribution >= 4 is 27.5 Å². The number of nitrogens with two attached hydrogens (primary N) is 1. The van der Waals surface area contributed by atoms with Crippen LogP contribution in [0.3, 0.4) is 0 Å². The number of aryl methyl sites for hydroxylation is 1. The lowest BCUT2D eigenvalue weighted by Crippen LogP contribution is -2.40. The van der Waals surface area contributed by atoms with Crippen molar-refractivity contribution in [3.05, 3.63) is 26.6 Å². The first kappa shape index (κ1) is 17.7. The van der Waals surface area contributed by atoms with Crippen molar-refractivity contribution in [3.8, 4) is 0 Å². The highest BCUT2D eigenvalue weighted by Gasteiger charge is 2.28. The highest BCUT2D eigenvalue weighted by molar-refractivity contribution is 7.18. The maximum atomic E-state index is 12.8. The topological polar surface area (TPSA) is 92.1 Å². The van der Waals surface area contributed by atoms with E-state index in [1.165, 1.54) is 10.4 Å². The lowest BCUT2D eigenvalue weighted by atomic mass is 9.89. The van der Waals surface area contributed by atoms with E-state index in [0.717, 1.165) is 61.2 Å². The first-order valence-corrected chi connectivity index (χ1v) is 10.3. The zero-order valence-electron chi connectivity index (χ0n) is 15.4. The van der Waals surface area contributed by atoms with Gasteiger partial charge >= 0.3 is 0 Å². The molecule has 1 amide bonds. The fourth-order valence-electron chi connectivity index (χ4n) is 4.31. The fraction of sp³-hybridized carbons (Fsp3) is 0.632. The summed E-state index contributed by atoms with van der Waals surface area (Å²) in [7, 11) is 0. The van der Waals surface area contributed by atoms with Crippen molar-refractivity contribution < 1.29 is 4.79 Å². The van der Waals surface area contributed by atoms with Gasteiger partial charge in [-0.05, 0) is 63.6 Å². The van der Waals surface area contributed by atoms with Crippen molar-refractivity contribution in [1.29, 1.82) is 0 Å². The maximum Gasteiger partial charge on any atom is 0.259 e. The lowest BCUT2D eigenvalue weighted by molar-refractivity contribution is -0.123. The van der Waals surface area contributed by atoms with E-state index in [0.29, 0.717) is 5.92 Å². The zero-order chi connectivity index (χ0) is 18.4. The molecule has 2 aliphatic rings. The van der Waals surface area contributed by atoms with E-state index in [9.17, 15) is 9.59 Å². The molecular formula is C19H26N4O2S. The van der Waals surface area contributed by atoms with E-state index in [-0.39, 0.29) is 23.4 Å². The molecule has 0 spiro atoms. The number of carbonyl (C=O) groups excluding carboxylic acids is 1. The zero-order valence-corrected chi connectivity index (χ0v) is 16.2. The van der Waals surface area contributed by atoms with E-state index < -0.39 is 0 Å². The van der Waals surface area contributed by atoms with Crippen molar-refractivity contribution in [3.63, 3.8) is 0 Å². The second-order valence-corrected chi connectivity index (χ2v) is 8.96. The monoisotopic (exact) mass is 374 g/mol. The predicted octanol–water partition coefficient (Wildman–Crippen LogP) is 2.37. The number of H-pyrrole nitrogens is 1. The van der Waals surface area contributed by atoms with E-state index >= 15 is 0 Å². The Labute approximate surface area is 156 Å². The van der Waals surface area contributed by atoms with Crippen LogP contribution in [0.1, 0.15) is 55.4 Å². The predicted molar refractivity (Wildman–Crippen MR) is 103 cm³/mol. The largest absolute Gasteiger partial charge is 0.369 e. The van der Waals surface area contributed by atoms with Crippen molar-refractivity contribution in [2.75, 3.05) is 13.1 Å². The summed E-state index contributed by atoms with van der Waals surface area (Å²) < 4.78 is 0. The molecule has 1 saturated heterocycles. The highest BCUT2D eigenvalue weighted by Crippen LogP contribution is 2.36. The summed E-state index contributed by atoms with van der Waals surface area (Å²) in [5.74, 6) is 1.17. The maximum absolute atomic E-state index is 12.8. The molecule has 7 heteroatoms. The Balaban J connectivity index is 1.61. The third kappa shape index (κ3) is 3.07. The number of rotatable bonds is 3. The Bertz CT molecular complexity index is 895. The number of carbonyl (C=O) groups is 1. The Morgan fingerprint density at radius 3 is 2.77 bits per heavy atom. The van der Waals surface area contributed by atoms with Crippen molar-refractivity contribution in [2.24, 2.45) is 17.6 Å². The molecule has 0 saturated carbocycles. The molecule has 0 aromatic carbocycles. The van der Waals surface area contributed by atoms with Gasteiger partial charge in [-0.2, -0.15) is 0 Å². The van der Waals surface area contributed by atoms with Crippen molar-refractivity contribution in [1.82, 2.24) is 14.9 Å². The summed E-state index contributed by atoms with van der Waals surface area (Å²) in [4.78, 5) is 36.5. The minimum absolute atomic E-state index is 0.00377. The highest BCUT2D eigenvalue weighted by atomic mass is 32.1. The third-order valence-corrected chi connectivity index (χ3v) is 7.21. The number of nitrogens with one attached hydrogen (secondary N) is 1. The summed E-state index contributed by atoms with van der Waals surface area (Å²) in [5, 5.41) is 0.806. The Hall–Kier alpha value is -1.73. The van der Waals surface area contributed by atoms with Crippen LogP contribution in [0, 0.1) is 11.8 Å². The fourth-order valence-corrected chi connectivity index (χ4v) is 5.70. The summed E-state index contributed by atoms with van der Waals surface area (Å²) >= 11 is 1.69. The SMILES string of the molecule is C[C@@H]1CCc2c(sc3nc([C@@H](C)N4CCC(C(N)=O)CC4)[nH]c(=O)c23)C1. The summed E-state index contributed by atoms with van der Waals surface area (Å²) in [6.07, 6.45) is 4.73. The van der Waals surface area contributed by atoms with Crippen LogP contribution in [0.2, 0.25) is 0 Å². The molecule has 3 heterocycles. The van der Waals surface area contributed by atoms with Crippen molar-refractivity contribution in [2.45, 2.75) is 52.0 Å². The van der Waals surface area contributed by atoms with Gasteiger partial charge in [-0.3, -0.25) is 14.5 Å². The molecule has 2 aromatic heterocycles. The number of thiophene rings is 1. The van der Waals surface area contributed by atoms with E-state index in [2.05, 4.69) is 23.7 Å². The Kier molecular flexibility index (Phi) is 4.61. The molecule has 0 unspecified atom stereocenters. The number of amides is 1. The first-order valence-electron chi connectivity index (χ1n) is 9.52. The molecule has 1 aliphatic heterocycles. The van der Waals surface area contributed by atoms with Crippen LogP contribution in [-0.2, 0) is 17.6 Å². The number of nitrogens with zero attached hydrogens (tertiary/aromatic N) is 2. The van der Waals surface area contributed by atoms with Gasteiger partial charge in [-0.15, -0.1) is 11.3 Å². The second-order valence-electron chi connectivity index (χ2n) is 7.87. The number of aromatic amines is 1. The molecule has 6 nitrogen and oxygen atoms in total. The minimum Gasteiger partial charge on any atom is -0.369 e. The minimum atomic E-state index is -0.205. The molecule has 3 N–H and O–H groups in total. The molecule has 2 atom stereocenters. The summed E-state index contributed by atoms with van der Waals surface area (Å²) in [6, 6.07) is 0.0268. The average Bonchev–Trinajstić information content (AvgIpc) is 2.98. The smallest absolute Gasteiger partial charge is 0.259 e. The lowest BCUT2D eigenvalue weighted by Gasteiger charge is -2.34. The number of hydrogen-bond donors (Lipinski definition) is 2. The quantitative estimate of drug-likeness (QED) is 0.863. The van der Waals surface area contributed by atoms with Crippen LogP contribution in [0.25, 0.3) is 10.2 Å². The standard InChI is InChI=1S/C19H26N4O2S/c1-10-3-4-13-14(9-10)26-19-15(13)18(25)21-17(22-19)11(2)23-7-5-12(6-8-23)16(20)24/h10-12H,3-9H2,1-2H3,(H2,20,24)(H,21,22,25)/t10-,11-/m1/s1. The molecule has 0 radical (unpaired) electrons. The van der Waals surface area contributed by atoms with Gasteiger partial charge in [0.1, 0.15) is 10.7 Å². The normalized spacial score (nSPS) is 23.1. The van der Waals surface area contributed by atoms with Crippen LogP contribution in [0.15, 0.2) is 4.79 Å². The van der Waals surface area contributed by atoms with Gasteiger partial charge in [-0.25, -0.2) is 4.98 Å². The van der Waals surface area contributed by atoms with E-state index in [1.54, 1.807) is 11.3 Å². The van der Waals surface area contributed by atoms with Crippen LogP contribution < -0.4 is 11.3 Å². The molecular weight excluding hydrogens is 348 g/mol. The number of hydrogen-bond acceptors (Lipinski definition) is 5. The number of likely N-dealkylation sites (tertiary alicyclic amines) is 1. The van der Waals surface area contributed by atoms with Gasteiger partial charge in [0.05, 0.1) is 11.4 Å². The van der Waals surface area contributed by atoms with Gasteiger partial charge < -0.3 is 10.7 Å². The molecule has 0 bridgehead atoms. The van der Waals surface area contributed by atoms with E-state index in [4.69, 9.17) is 10.7 Å². The number of piperidine rings is 1. The van der Waals surface area contributed by atoms with Gasteiger partial charge in [0.25, 0.3) is 5.56 Å². The van der Waals surface area contributed by atoms with Gasteiger partial charge in [0.2, 0.25) is 5.91 Å². The third-order valence-electron chi connectivity index (χ3n) is 6.06. The molecule has 1 aliphatic carbocycles. The summed E-state index contributed by atoms with van der Waals surface area (Å²) in [5.41, 5.74) is 6.64. The number of primary amides is 1. The van der Waals surface area contributed by atoms with Crippen LogP contribution in [-0.4, -0.2) is 33.9 Å². The number of fused-ring (bicyclic) bond motifs is 3. The molecule has 1 fully saturated rings. The summed E-state index contributed by atoms with van der Waals surface area (Å²) in [6.45, 7) is 5.95. The Morgan fingerprint density at radius 2 is 2.08 bits per heavy atom. The van der Waals surface area contributed by atoms with Gasteiger partial charge in [0, 0.05) is 10.8 Å². The average molecular weight is 375 g/mol. The van der Waals surface area contributed by atoms with Crippen LogP contribution in [0.5, 0.6) is 0 Å². The van der Waals surface area contributed by atoms with Gasteiger partial charge in [0.15, 0.2) is 0 Å². The molecule has 140 valence electrons. The first-order chi connectivity index (χ1) is 12.4. The van der Waals surface area contributed by atoms with Crippen LogP contribution in [0.4, 0.5) is 0 Å².